The van der Waals surface area contributed by atoms with Gasteiger partial charge in [0.1, 0.15) is 0 Å². The molecule has 82 valence electrons. The number of fused-ring (bicyclic) bond motifs is 1. The van der Waals surface area contributed by atoms with Crippen molar-refractivity contribution in [2.24, 2.45) is 0 Å². The van der Waals surface area contributed by atoms with Crippen molar-refractivity contribution < 1.29 is 10.2 Å². The Kier molecular flexibility index (Phi) is 3.36. The van der Waals surface area contributed by atoms with Gasteiger partial charge in [-0.1, -0.05) is 24.3 Å². The van der Waals surface area contributed by atoms with Gasteiger partial charge in [0.25, 0.3) is 0 Å². The first kappa shape index (κ1) is 10.6. The van der Waals surface area contributed by atoms with E-state index in [-0.39, 0.29) is 18.8 Å². The zero-order valence-corrected chi connectivity index (χ0v) is 8.69. The summed E-state index contributed by atoms with van der Waals surface area (Å²) in [4.78, 5) is 0. The highest BCUT2D eigenvalue weighted by Crippen LogP contribution is 2.30. The van der Waals surface area contributed by atoms with Crippen LogP contribution >= 0.6 is 0 Å². The minimum Gasteiger partial charge on any atom is -0.396 e. The fraction of sp³-hybridized carbons (Fsp3) is 0.500. The van der Waals surface area contributed by atoms with Crippen molar-refractivity contribution in [3.63, 3.8) is 0 Å². The molecule has 3 heteroatoms. The van der Waals surface area contributed by atoms with E-state index in [9.17, 15) is 5.11 Å². The van der Waals surface area contributed by atoms with E-state index in [2.05, 4.69) is 17.4 Å². The van der Waals surface area contributed by atoms with Crippen molar-refractivity contribution in [3.05, 3.63) is 35.4 Å². The fourth-order valence-electron chi connectivity index (χ4n) is 2.16. The summed E-state index contributed by atoms with van der Waals surface area (Å²) in [7, 11) is 0. The third kappa shape index (κ3) is 2.20. The SMILES string of the molecule is OCCCNC1c2ccccc2CC1O. The predicted molar refractivity (Wildman–Crippen MR) is 58.6 cm³/mol. The largest absolute Gasteiger partial charge is 0.396 e. The van der Waals surface area contributed by atoms with Gasteiger partial charge in [0, 0.05) is 13.0 Å². The van der Waals surface area contributed by atoms with Crippen LogP contribution in [0, 0.1) is 0 Å². The second-order valence-electron chi connectivity index (χ2n) is 3.98. The first-order valence-corrected chi connectivity index (χ1v) is 5.43. The second kappa shape index (κ2) is 4.75. The number of hydrogen-bond donors (Lipinski definition) is 3. The standard InChI is InChI=1S/C12H17NO2/c14-7-3-6-13-12-10-5-2-1-4-9(10)8-11(12)15/h1-2,4-5,11-15H,3,6-8H2. The first-order chi connectivity index (χ1) is 7.33. The van der Waals surface area contributed by atoms with E-state index >= 15 is 0 Å². The summed E-state index contributed by atoms with van der Waals surface area (Å²) in [5.74, 6) is 0. The molecule has 0 heterocycles. The molecule has 2 unspecified atom stereocenters. The summed E-state index contributed by atoms with van der Waals surface area (Å²) in [5.41, 5.74) is 2.43. The number of aliphatic hydroxyl groups is 2. The van der Waals surface area contributed by atoms with Crippen molar-refractivity contribution in [3.8, 4) is 0 Å². The van der Waals surface area contributed by atoms with E-state index < -0.39 is 0 Å². The Morgan fingerprint density at radius 1 is 1.33 bits per heavy atom. The molecule has 1 aromatic carbocycles. The summed E-state index contributed by atoms with van der Waals surface area (Å²) in [5, 5.41) is 21.9. The van der Waals surface area contributed by atoms with Gasteiger partial charge in [-0.25, -0.2) is 0 Å². The van der Waals surface area contributed by atoms with Crippen LogP contribution in [0.3, 0.4) is 0 Å². The lowest BCUT2D eigenvalue weighted by molar-refractivity contribution is 0.140. The van der Waals surface area contributed by atoms with Crippen LogP contribution in [0.2, 0.25) is 0 Å². The molecule has 0 saturated carbocycles. The normalized spacial score (nSPS) is 24.1. The molecule has 1 aliphatic rings. The van der Waals surface area contributed by atoms with E-state index in [1.165, 1.54) is 11.1 Å². The maximum absolute atomic E-state index is 9.88. The molecular formula is C12H17NO2. The Bertz CT molecular complexity index is 327. The number of hydrogen-bond acceptors (Lipinski definition) is 3. The Morgan fingerprint density at radius 2 is 2.13 bits per heavy atom. The lowest BCUT2D eigenvalue weighted by Crippen LogP contribution is -2.29. The summed E-state index contributed by atoms with van der Waals surface area (Å²) >= 11 is 0. The van der Waals surface area contributed by atoms with Crippen LogP contribution in [0.1, 0.15) is 23.6 Å². The van der Waals surface area contributed by atoms with Gasteiger partial charge in [0.2, 0.25) is 0 Å². The number of benzene rings is 1. The van der Waals surface area contributed by atoms with Crippen LogP contribution < -0.4 is 5.32 Å². The lowest BCUT2D eigenvalue weighted by atomic mass is 10.1. The van der Waals surface area contributed by atoms with Crippen LogP contribution in [0.25, 0.3) is 0 Å². The molecule has 2 atom stereocenters. The molecule has 0 aromatic heterocycles. The van der Waals surface area contributed by atoms with Gasteiger partial charge in [0.15, 0.2) is 0 Å². The van der Waals surface area contributed by atoms with Gasteiger partial charge in [-0.05, 0) is 24.1 Å². The predicted octanol–water partition coefficient (Wildman–Crippen LogP) is 0.617. The molecule has 0 fully saturated rings. The fourth-order valence-corrected chi connectivity index (χ4v) is 2.16. The van der Waals surface area contributed by atoms with E-state index in [1.807, 2.05) is 12.1 Å². The minimum absolute atomic E-state index is 0.0350. The van der Waals surface area contributed by atoms with Gasteiger partial charge in [-0.3, -0.25) is 0 Å². The van der Waals surface area contributed by atoms with Gasteiger partial charge in [-0.15, -0.1) is 0 Å². The Balaban J connectivity index is 2.05. The zero-order valence-electron chi connectivity index (χ0n) is 8.69. The smallest absolute Gasteiger partial charge is 0.0775 e. The Morgan fingerprint density at radius 3 is 2.93 bits per heavy atom. The van der Waals surface area contributed by atoms with E-state index in [0.29, 0.717) is 0 Å². The first-order valence-electron chi connectivity index (χ1n) is 5.43. The number of aliphatic hydroxyl groups excluding tert-OH is 2. The molecule has 15 heavy (non-hydrogen) atoms. The quantitative estimate of drug-likeness (QED) is 0.634. The number of nitrogens with one attached hydrogen (secondary N) is 1. The van der Waals surface area contributed by atoms with E-state index in [0.717, 1.165) is 19.4 Å². The van der Waals surface area contributed by atoms with Crippen molar-refractivity contribution in [2.45, 2.75) is 25.0 Å². The van der Waals surface area contributed by atoms with Gasteiger partial charge in [-0.2, -0.15) is 0 Å². The highest BCUT2D eigenvalue weighted by atomic mass is 16.3. The highest BCUT2D eigenvalue weighted by Gasteiger charge is 2.29. The molecule has 0 radical (unpaired) electrons. The van der Waals surface area contributed by atoms with Crippen LogP contribution in [-0.4, -0.2) is 29.5 Å². The topological polar surface area (TPSA) is 52.5 Å². The molecule has 1 aliphatic carbocycles. The maximum atomic E-state index is 9.88. The molecule has 0 bridgehead atoms. The van der Waals surface area contributed by atoms with Crippen LogP contribution in [0.5, 0.6) is 0 Å². The molecular weight excluding hydrogens is 190 g/mol. The molecule has 0 saturated heterocycles. The van der Waals surface area contributed by atoms with Crippen molar-refractivity contribution in [1.29, 1.82) is 0 Å². The number of rotatable bonds is 4. The third-order valence-corrected chi connectivity index (χ3v) is 2.90. The second-order valence-corrected chi connectivity index (χ2v) is 3.98. The molecule has 3 nitrogen and oxygen atoms in total. The van der Waals surface area contributed by atoms with Crippen molar-refractivity contribution in [2.75, 3.05) is 13.2 Å². The molecule has 0 aliphatic heterocycles. The van der Waals surface area contributed by atoms with Crippen molar-refractivity contribution in [1.82, 2.24) is 5.32 Å². The van der Waals surface area contributed by atoms with Crippen LogP contribution in [0.4, 0.5) is 0 Å². The summed E-state index contributed by atoms with van der Waals surface area (Å²) in [6.45, 7) is 0.935. The highest BCUT2D eigenvalue weighted by molar-refractivity contribution is 5.36. The van der Waals surface area contributed by atoms with E-state index in [4.69, 9.17) is 5.11 Å². The molecule has 0 amide bonds. The summed E-state index contributed by atoms with van der Waals surface area (Å²) < 4.78 is 0. The van der Waals surface area contributed by atoms with Crippen LogP contribution in [0.15, 0.2) is 24.3 Å². The van der Waals surface area contributed by atoms with Crippen LogP contribution in [-0.2, 0) is 6.42 Å². The molecule has 0 spiro atoms. The third-order valence-electron chi connectivity index (χ3n) is 2.90. The summed E-state index contributed by atoms with van der Waals surface area (Å²) in [6.07, 6.45) is 1.12. The van der Waals surface area contributed by atoms with Gasteiger partial charge >= 0.3 is 0 Å². The molecule has 2 rings (SSSR count). The summed E-state index contributed by atoms with van der Waals surface area (Å²) in [6, 6.07) is 8.15. The average Bonchev–Trinajstić information content (AvgIpc) is 2.56. The Hall–Kier alpha value is -0.900. The molecule has 3 N–H and O–H groups in total. The van der Waals surface area contributed by atoms with Gasteiger partial charge in [0.05, 0.1) is 12.1 Å². The maximum Gasteiger partial charge on any atom is 0.0775 e. The molecule has 1 aromatic rings. The average molecular weight is 207 g/mol. The van der Waals surface area contributed by atoms with E-state index in [1.54, 1.807) is 0 Å². The zero-order chi connectivity index (χ0) is 10.7. The minimum atomic E-state index is -0.332. The monoisotopic (exact) mass is 207 g/mol. The van der Waals surface area contributed by atoms with Crippen molar-refractivity contribution >= 4 is 0 Å². The Labute approximate surface area is 89.8 Å². The lowest BCUT2D eigenvalue weighted by Gasteiger charge is -2.17. The van der Waals surface area contributed by atoms with Gasteiger partial charge < -0.3 is 15.5 Å².